The first-order valence-corrected chi connectivity index (χ1v) is 19.3. The summed E-state index contributed by atoms with van der Waals surface area (Å²) in [6, 6.07) is 3.66. The van der Waals surface area contributed by atoms with Gasteiger partial charge < -0.3 is 30.2 Å². The van der Waals surface area contributed by atoms with Gasteiger partial charge in [-0.05, 0) is 77.3 Å². The Morgan fingerprint density at radius 3 is 2.58 bits per heavy atom. The topological polar surface area (TPSA) is 179 Å². The predicted molar refractivity (Wildman–Crippen MR) is 185 cm³/mol. The average Bonchev–Trinajstić information content (AvgIpc) is 4.03. The molecule has 0 spiro atoms. The number of methoxy groups -OCH3 is 1. The number of nitrogens with zero attached hydrogens (tertiary/aromatic N) is 2. The Morgan fingerprint density at radius 1 is 1.08 bits per heavy atom. The van der Waals surface area contributed by atoms with Crippen LogP contribution in [0.5, 0.6) is 17.4 Å². The Bertz CT molecular complexity index is 1840. The number of nitrogens with one attached hydrogen (secondary N) is 2. The highest BCUT2D eigenvalue weighted by molar-refractivity contribution is 7.91. The van der Waals surface area contributed by atoms with Crippen LogP contribution < -0.4 is 30.0 Å². The first-order valence-electron chi connectivity index (χ1n) is 17.8. The van der Waals surface area contributed by atoms with Crippen molar-refractivity contribution in [2.75, 3.05) is 13.7 Å². The third-order valence-corrected chi connectivity index (χ3v) is 13.1. The molecule has 1 aromatic heterocycles. The number of carbonyl (C=O) groups excluding carboxylic acids is 3. The van der Waals surface area contributed by atoms with Crippen LogP contribution in [-0.4, -0.2) is 84.3 Å². The predicted octanol–water partition coefficient (Wildman–Crippen LogP) is 3.16. The van der Waals surface area contributed by atoms with Gasteiger partial charge in [-0.25, -0.2) is 13.4 Å². The van der Waals surface area contributed by atoms with Crippen LogP contribution in [0.3, 0.4) is 0 Å². The van der Waals surface area contributed by atoms with Crippen molar-refractivity contribution in [1.29, 1.82) is 0 Å². The minimum absolute atomic E-state index is 0.0949. The van der Waals surface area contributed by atoms with Crippen LogP contribution in [0.2, 0.25) is 0 Å². The van der Waals surface area contributed by atoms with E-state index >= 15 is 0 Å². The number of carbonyl (C=O) groups is 3. The Hall–Kier alpha value is -3.91. The van der Waals surface area contributed by atoms with Crippen LogP contribution in [0.1, 0.15) is 83.1 Å². The molecule has 4 N–H and O–H groups in total. The number of amides is 3. The van der Waals surface area contributed by atoms with E-state index in [4.69, 9.17) is 24.9 Å². The van der Waals surface area contributed by atoms with E-state index in [1.807, 2.05) is 31.2 Å². The smallest absolute Gasteiger partial charge is 0.259 e. The lowest BCUT2D eigenvalue weighted by molar-refractivity contribution is -0.140. The fraction of sp³-hybridized carbons (Fsp3) is 0.611. The highest BCUT2D eigenvalue weighted by atomic mass is 32.2. The molecular weight excluding hydrogens is 662 g/mol. The molecular formula is C36H47N5O8S. The lowest BCUT2D eigenvalue weighted by Crippen LogP contribution is -2.58. The number of sulfonamides is 1. The number of aryl methyl sites for hydroxylation is 1. The number of hydrogen-bond acceptors (Lipinski definition) is 10. The van der Waals surface area contributed by atoms with E-state index < -0.39 is 50.3 Å². The maximum absolute atomic E-state index is 14.2. The largest absolute Gasteiger partial charge is 0.496 e. The van der Waals surface area contributed by atoms with Crippen molar-refractivity contribution in [3.63, 3.8) is 0 Å². The second-order valence-corrected chi connectivity index (χ2v) is 17.1. The van der Waals surface area contributed by atoms with Crippen LogP contribution >= 0.6 is 0 Å². The molecule has 7 rings (SSSR count). The summed E-state index contributed by atoms with van der Waals surface area (Å²) in [5.74, 6) is -0.452. The summed E-state index contributed by atoms with van der Waals surface area (Å²) in [6.07, 6.45) is 10.3. The monoisotopic (exact) mass is 709 g/mol. The molecule has 5 aliphatic rings. The van der Waals surface area contributed by atoms with Crippen LogP contribution in [0.15, 0.2) is 30.4 Å². The zero-order valence-electron chi connectivity index (χ0n) is 28.9. The van der Waals surface area contributed by atoms with Gasteiger partial charge in [0.05, 0.1) is 30.0 Å². The molecule has 2 aliphatic heterocycles. The molecule has 3 amide bonds. The van der Waals surface area contributed by atoms with E-state index in [1.165, 1.54) is 4.90 Å². The summed E-state index contributed by atoms with van der Waals surface area (Å²) in [5, 5.41) is 3.64. The van der Waals surface area contributed by atoms with Gasteiger partial charge >= 0.3 is 0 Å². The van der Waals surface area contributed by atoms with Crippen molar-refractivity contribution >= 4 is 38.6 Å². The number of pyridine rings is 1. The van der Waals surface area contributed by atoms with Gasteiger partial charge in [0.2, 0.25) is 27.7 Å². The SMILES string of the molecule is COc1ccc2c(OC3CC4C(=O)NC5(C(=O)NS(=O)(=O)C6(C)CC6)CC5C=CCCCCCC(N)C(=O)N4C3)cc(OC3CC3)nc2c1C. The van der Waals surface area contributed by atoms with Gasteiger partial charge in [0, 0.05) is 29.4 Å². The van der Waals surface area contributed by atoms with E-state index in [1.54, 1.807) is 20.1 Å². The number of benzene rings is 1. The number of rotatable bonds is 8. The standard InChI is InChI=1S/C36H47N5O8S/c1-21-28(47-3)14-13-25-29(18-30(38-31(21)25)49-23-11-12-23)48-24-17-27-32(42)39-36(34(44)40-50(45,46)35(2)15-16-35)19-22(36)9-7-5-4-6-8-10-26(37)33(43)41(27)20-24/h7,9,13-14,18,22-24,26-27H,4-6,8,10-12,15-17,19-20,37H2,1-3H3,(H,39,42)(H,40,44). The molecule has 5 atom stereocenters. The van der Waals surface area contributed by atoms with Gasteiger partial charge in [0.15, 0.2) is 0 Å². The molecule has 270 valence electrons. The quantitative estimate of drug-likeness (QED) is 0.345. The van der Waals surface area contributed by atoms with Crippen molar-refractivity contribution in [3.8, 4) is 17.4 Å². The molecule has 3 heterocycles. The molecule has 2 aromatic rings. The van der Waals surface area contributed by atoms with Crippen molar-refractivity contribution < 1.29 is 37.0 Å². The van der Waals surface area contributed by atoms with E-state index in [-0.39, 0.29) is 37.3 Å². The normalized spacial score (nSPS) is 29.6. The summed E-state index contributed by atoms with van der Waals surface area (Å²) < 4.78 is 45.6. The third-order valence-electron chi connectivity index (χ3n) is 11.0. The fourth-order valence-corrected chi connectivity index (χ4v) is 8.43. The van der Waals surface area contributed by atoms with Crippen LogP contribution in [0.4, 0.5) is 0 Å². The van der Waals surface area contributed by atoms with Crippen LogP contribution in [0.25, 0.3) is 10.9 Å². The lowest BCUT2D eigenvalue weighted by Gasteiger charge is -2.28. The van der Waals surface area contributed by atoms with Crippen molar-refractivity contribution in [2.45, 2.75) is 119 Å². The number of nitrogens with two attached hydrogens (primary N) is 1. The van der Waals surface area contributed by atoms with Crippen molar-refractivity contribution in [3.05, 3.63) is 35.9 Å². The molecule has 1 aromatic carbocycles. The fourth-order valence-electron chi connectivity index (χ4n) is 7.11. The average molecular weight is 710 g/mol. The summed E-state index contributed by atoms with van der Waals surface area (Å²) in [4.78, 5) is 48.0. The van der Waals surface area contributed by atoms with E-state index in [9.17, 15) is 22.8 Å². The third kappa shape index (κ3) is 6.63. The number of hydrogen-bond donors (Lipinski definition) is 3. The van der Waals surface area contributed by atoms with Gasteiger partial charge in [-0.3, -0.25) is 19.1 Å². The molecule has 3 aliphatic carbocycles. The molecule has 50 heavy (non-hydrogen) atoms. The number of allylic oxidation sites excluding steroid dienone is 1. The Balaban J connectivity index is 1.18. The molecule has 0 radical (unpaired) electrons. The Kier molecular flexibility index (Phi) is 8.98. The van der Waals surface area contributed by atoms with Gasteiger partial charge in [0.1, 0.15) is 35.3 Å². The molecule has 5 unspecified atom stereocenters. The first kappa shape index (κ1) is 34.5. The highest BCUT2D eigenvalue weighted by Gasteiger charge is 2.63. The van der Waals surface area contributed by atoms with Crippen LogP contribution in [0, 0.1) is 12.8 Å². The summed E-state index contributed by atoms with van der Waals surface area (Å²) in [5.41, 5.74) is 6.47. The number of ether oxygens (including phenoxy) is 3. The van der Waals surface area contributed by atoms with Crippen LogP contribution in [-0.2, 0) is 24.4 Å². The second-order valence-electron chi connectivity index (χ2n) is 14.9. The molecule has 1 saturated heterocycles. The maximum Gasteiger partial charge on any atom is 0.259 e. The number of fused-ring (bicyclic) bond motifs is 3. The minimum Gasteiger partial charge on any atom is -0.496 e. The second kappa shape index (κ2) is 13.0. The lowest BCUT2D eigenvalue weighted by atomic mass is 10.1. The molecule has 4 fully saturated rings. The molecule has 0 bridgehead atoms. The van der Waals surface area contributed by atoms with Gasteiger partial charge in [0.25, 0.3) is 5.91 Å². The minimum atomic E-state index is -3.94. The number of aromatic nitrogens is 1. The zero-order chi connectivity index (χ0) is 35.4. The van der Waals surface area contributed by atoms with Gasteiger partial charge in [-0.1, -0.05) is 25.0 Å². The van der Waals surface area contributed by atoms with Gasteiger partial charge in [-0.15, -0.1) is 0 Å². The van der Waals surface area contributed by atoms with E-state index in [0.717, 1.165) is 49.5 Å². The maximum atomic E-state index is 14.2. The van der Waals surface area contributed by atoms with E-state index in [0.29, 0.717) is 42.2 Å². The Morgan fingerprint density at radius 2 is 1.86 bits per heavy atom. The summed E-state index contributed by atoms with van der Waals surface area (Å²) >= 11 is 0. The summed E-state index contributed by atoms with van der Waals surface area (Å²) in [7, 11) is -2.34. The van der Waals surface area contributed by atoms with Gasteiger partial charge in [-0.2, -0.15) is 0 Å². The first-order chi connectivity index (χ1) is 23.8. The highest BCUT2D eigenvalue weighted by Crippen LogP contribution is 2.47. The molecule has 14 heteroatoms. The summed E-state index contributed by atoms with van der Waals surface area (Å²) in [6.45, 7) is 3.62. The Labute approximate surface area is 292 Å². The van der Waals surface area contributed by atoms with E-state index in [2.05, 4.69) is 10.0 Å². The molecule has 13 nitrogen and oxygen atoms in total. The molecule has 3 saturated carbocycles. The van der Waals surface area contributed by atoms with Crippen molar-refractivity contribution in [1.82, 2.24) is 19.9 Å². The zero-order valence-corrected chi connectivity index (χ0v) is 29.7. The van der Waals surface area contributed by atoms with Crippen molar-refractivity contribution in [2.24, 2.45) is 11.7 Å².